The minimum Gasteiger partial charge on any atom is -0.508 e. The monoisotopic (exact) mass is 236 g/mol. The van der Waals surface area contributed by atoms with Crippen LogP contribution in [0.3, 0.4) is 0 Å². The number of hydrogen-bond donors (Lipinski definition) is 2. The van der Waals surface area contributed by atoms with Gasteiger partial charge < -0.3 is 14.9 Å². The van der Waals surface area contributed by atoms with Crippen LogP contribution in [0.1, 0.15) is 31.7 Å². The van der Waals surface area contributed by atoms with Crippen molar-refractivity contribution in [2.45, 2.75) is 44.3 Å². The lowest BCUT2D eigenvalue weighted by molar-refractivity contribution is -0.135. The minimum atomic E-state index is -0.524. The first-order chi connectivity index (χ1) is 8.10. The fourth-order valence-electron chi connectivity index (χ4n) is 2.34. The summed E-state index contributed by atoms with van der Waals surface area (Å²) in [5.41, 5.74) is 0.497. The van der Waals surface area contributed by atoms with Gasteiger partial charge in [-0.15, -0.1) is 0 Å². The van der Waals surface area contributed by atoms with Crippen LogP contribution in [0.15, 0.2) is 24.3 Å². The van der Waals surface area contributed by atoms with Crippen molar-refractivity contribution in [3.63, 3.8) is 0 Å². The van der Waals surface area contributed by atoms with Gasteiger partial charge >= 0.3 is 0 Å². The number of benzene rings is 1. The molecule has 17 heavy (non-hydrogen) atoms. The van der Waals surface area contributed by atoms with Crippen LogP contribution in [-0.2, 0) is 11.2 Å². The zero-order valence-electron chi connectivity index (χ0n) is 10.2. The van der Waals surface area contributed by atoms with Crippen molar-refractivity contribution in [1.82, 2.24) is 0 Å². The lowest BCUT2D eigenvalue weighted by Gasteiger charge is -2.38. The van der Waals surface area contributed by atoms with Gasteiger partial charge in [0.25, 0.3) is 0 Å². The van der Waals surface area contributed by atoms with E-state index in [0.717, 1.165) is 31.4 Å². The van der Waals surface area contributed by atoms with Gasteiger partial charge in [-0.25, -0.2) is 0 Å². The maximum absolute atomic E-state index is 10.3. The number of aliphatic hydroxyl groups is 1. The number of hydrogen-bond acceptors (Lipinski definition) is 3. The summed E-state index contributed by atoms with van der Waals surface area (Å²) < 4.78 is 5.72. The smallest absolute Gasteiger partial charge is 0.115 e. The van der Waals surface area contributed by atoms with E-state index in [1.54, 1.807) is 18.2 Å². The second-order valence-corrected chi connectivity index (χ2v) is 5.01. The number of ether oxygens (including phenoxy) is 1. The van der Waals surface area contributed by atoms with Crippen LogP contribution in [0.4, 0.5) is 0 Å². The molecule has 2 rings (SSSR count). The van der Waals surface area contributed by atoms with Crippen molar-refractivity contribution < 1.29 is 14.9 Å². The molecule has 3 heteroatoms. The summed E-state index contributed by atoms with van der Waals surface area (Å²) in [5, 5.41) is 19.7. The van der Waals surface area contributed by atoms with Crippen LogP contribution in [-0.4, -0.2) is 28.5 Å². The van der Waals surface area contributed by atoms with Crippen LogP contribution in [0.25, 0.3) is 0 Å². The molecule has 1 aromatic carbocycles. The van der Waals surface area contributed by atoms with E-state index >= 15 is 0 Å². The van der Waals surface area contributed by atoms with Crippen LogP contribution in [0.5, 0.6) is 5.75 Å². The van der Waals surface area contributed by atoms with Crippen LogP contribution in [0.2, 0.25) is 0 Å². The molecule has 0 aromatic heterocycles. The Hall–Kier alpha value is -1.06. The highest BCUT2D eigenvalue weighted by molar-refractivity contribution is 5.27. The van der Waals surface area contributed by atoms with Gasteiger partial charge in [-0.2, -0.15) is 0 Å². The van der Waals surface area contributed by atoms with Crippen molar-refractivity contribution in [1.29, 1.82) is 0 Å². The van der Waals surface area contributed by atoms with E-state index in [0.29, 0.717) is 6.42 Å². The van der Waals surface area contributed by atoms with Crippen LogP contribution < -0.4 is 0 Å². The van der Waals surface area contributed by atoms with E-state index < -0.39 is 11.7 Å². The van der Waals surface area contributed by atoms with Gasteiger partial charge in [0.2, 0.25) is 0 Å². The maximum atomic E-state index is 10.3. The van der Waals surface area contributed by atoms with E-state index in [2.05, 4.69) is 0 Å². The summed E-state index contributed by atoms with van der Waals surface area (Å²) in [7, 11) is 0. The molecule has 3 nitrogen and oxygen atoms in total. The Morgan fingerprint density at radius 1 is 1.41 bits per heavy atom. The summed E-state index contributed by atoms with van der Waals surface area (Å²) in [6, 6.07) is 7.03. The first kappa shape index (κ1) is 12.4. The third-order valence-electron chi connectivity index (χ3n) is 3.54. The fourth-order valence-corrected chi connectivity index (χ4v) is 2.34. The largest absolute Gasteiger partial charge is 0.508 e. The Kier molecular flexibility index (Phi) is 3.69. The van der Waals surface area contributed by atoms with E-state index in [4.69, 9.17) is 4.74 Å². The maximum Gasteiger partial charge on any atom is 0.115 e. The Balaban J connectivity index is 2.02. The predicted molar refractivity (Wildman–Crippen MR) is 66.0 cm³/mol. The molecule has 94 valence electrons. The molecule has 2 atom stereocenters. The quantitative estimate of drug-likeness (QED) is 0.846. The third kappa shape index (κ3) is 2.99. The first-order valence-electron chi connectivity index (χ1n) is 6.20. The second kappa shape index (κ2) is 5.07. The fraction of sp³-hybridized carbons (Fsp3) is 0.571. The summed E-state index contributed by atoms with van der Waals surface area (Å²) in [5.74, 6) is 0.240. The standard InChI is InChI=1S/C14H20O3/c1-14(7-2-3-8-17-14)13(16)10-11-5-4-6-12(15)9-11/h4-6,9,13,15-16H,2-3,7-8,10H2,1H3. The summed E-state index contributed by atoms with van der Waals surface area (Å²) in [6.45, 7) is 2.70. The highest BCUT2D eigenvalue weighted by Gasteiger charge is 2.35. The van der Waals surface area contributed by atoms with Crippen molar-refractivity contribution in [2.24, 2.45) is 0 Å². The van der Waals surface area contributed by atoms with Crippen molar-refractivity contribution in [3.05, 3.63) is 29.8 Å². The normalized spacial score (nSPS) is 26.7. The highest BCUT2D eigenvalue weighted by atomic mass is 16.5. The molecular weight excluding hydrogens is 216 g/mol. The molecule has 0 radical (unpaired) electrons. The average Bonchev–Trinajstić information content (AvgIpc) is 2.30. The van der Waals surface area contributed by atoms with Gasteiger partial charge in [-0.05, 0) is 43.9 Å². The lowest BCUT2D eigenvalue weighted by atomic mass is 9.87. The Bertz CT molecular complexity index is 369. The van der Waals surface area contributed by atoms with E-state index in [9.17, 15) is 10.2 Å². The van der Waals surface area contributed by atoms with E-state index in [-0.39, 0.29) is 5.75 Å². The Morgan fingerprint density at radius 3 is 2.88 bits per heavy atom. The van der Waals surface area contributed by atoms with Gasteiger partial charge in [-0.3, -0.25) is 0 Å². The molecule has 0 saturated carbocycles. The van der Waals surface area contributed by atoms with E-state index in [1.165, 1.54) is 0 Å². The number of aromatic hydroxyl groups is 1. The molecule has 1 aliphatic rings. The summed E-state index contributed by atoms with van der Waals surface area (Å²) in [6.07, 6.45) is 3.07. The number of aliphatic hydroxyl groups excluding tert-OH is 1. The topological polar surface area (TPSA) is 49.7 Å². The molecule has 2 N–H and O–H groups in total. The van der Waals surface area contributed by atoms with E-state index in [1.807, 2.05) is 13.0 Å². The van der Waals surface area contributed by atoms with Gasteiger partial charge in [0, 0.05) is 13.0 Å². The molecule has 0 amide bonds. The lowest BCUT2D eigenvalue weighted by Crippen LogP contribution is -2.45. The zero-order chi connectivity index (χ0) is 12.3. The number of rotatable bonds is 3. The summed E-state index contributed by atoms with van der Waals surface area (Å²) >= 11 is 0. The Labute approximate surface area is 102 Å². The van der Waals surface area contributed by atoms with Crippen LogP contribution in [0, 0.1) is 0 Å². The van der Waals surface area contributed by atoms with Gasteiger partial charge in [0.1, 0.15) is 5.75 Å². The summed E-state index contributed by atoms with van der Waals surface area (Å²) in [4.78, 5) is 0. The Morgan fingerprint density at radius 2 is 2.24 bits per heavy atom. The number of phenolic OH excluding ortho intramolecular Hbond substituents is 1. The molecule has 0 bridgehead atoms. The molecule has 2 unspecified atom stereocenters. The second-order valence-electron chi connectivity index (χ2n) is 5.01. The van der Waals surface area contributed by atoms with Crippen molar-refractivity contribution in [2.75, 3.05) is 6.61 Å². The predicted octanol–water partition coefficient (Wildman–Crippen LogP) is 2.25. The molecule has 1 aliphatic heterocycles. The molecular formula is C14H20O3. The van der Waals surface area contributed by atoms with Crippen molar-refractivity contribution >= 4 is 0 Å². The molecule has 1 saturated heterocycles. The molecule has 0 spiro atoms. The third-order valence-corrected chi connectivity index (χ3v) is 3.54. The van der Waals surface area contributed by atoms with Gasteiger partial charge in [0.15, 0.2) is 0 Å². The highest BCUT2D eigenvalue weighted by Crippen LogP contribution is 2.29. The molecule has 1 fully saturated rings. The molecule has 0 aliphatic carbocycles. The van der Waals surface area contributed by atoms with Crippen molar-refractivity contribution in [3.8, 4) is 5.75 Å². The molecule has 1 aromatic rings. The average molecular weight is 236 g/mol. The zero-order valence-corrected chi connectivity index (χ0v) is 10.2. The first-order valence-corrected chi connectivity index (χ1v) is 6.20. The van der Waals surface area contributed by atoms with Gasteiger partial charge in [0.05, 0.1) is 11.7 Å². The minimum absolute atomic E-state index is 0.240. The van der Waals surface area contributed by atoms with Gasteiger partial charge in [-0.1, -0.05) is 12.1 Å². The van der Waals surface area contributed by atoms with Crippen LogP contribution >= 0.6 is 0 Å². The SMILES string of the molecule is CC1(C(O)Cc2cccc(O)c2)CCCCO1. The number of phenols is 1. The molecule has 1 heterocycles.